The normalized spacial score (nSPS) is 11.4. The van der Waals surface area contributed by atoms with Crippen LogP contribution in [0.25, 0.3) is 0 Å². The number of benzene rings is 2. The lowest BCUT2D eigenvalue weighted by molar-refractivity contribution is -0.116. The van der Waals surface area contributed by atoms with Crippen molar-refractivity contribution >= 4 is 43.5 Å². The number of rotatable bonds is 8. The summed E-state index contributed by atoms with van der Waals surface area (Å²) in [5.41, 5.74) is 6.83. The summed E-state index contributed by atoms with van der Waals surface area (Å²) in [5.74, 6) is -0.877. The molecule has 0 bridgehead atoms. The van der Waals surface area contributed by atoms with Gasteiger partial charge in [-0.1, -0.05) is 22.9 Å². The van der Waals surface area contributed by atoms with Gasteiger partial charge in [0.1, 0.15) is 0 Å². The molecule has 7 nitrogen and oxygen atoms in total. The van der Waals surface area contributed by atoms with E-state index in [0.29, 0.717) is 11.3 Å². The van der Waals surface area contributed by atoms with E-state index in [1.54, 1.807) is 31.2 Å². The summed E-state index contributed by atoms with van der Waals surface area (Å²) in [6, 6.07) is 11.0. The Kier molecular flexibility index (Phi) is 7.34. The van der Waals surface area contributed by atoms with Crippen molar-refractivity contribution in [1.29, 1.82) is 0 Å². The number of nitrogens with zero attached hydrogens (tertiary/aromatic N) is 1. The van der Waals surface area contributed by atoms with E-state index in [4.69, 9.17) is 5.73 Å². The van der Waals surface area contributed by atoms with Crippen LogP contribution in [0.15, 0.2) is 51.8 Å². The lowest BCUT2D eigenvalue weighted by atomic mass is 10.2. The number of nitrogens with one attached hydrogen (secondary N) is 1. The summed E-state index contributed by atoms with van der Waals surface area (Å²) in [6.07, 6.45) is 0.000150. The molecule has 2 aromatic rings. The van der Waals surface area contributed by atoms with E-state index in [9.17, 15) is 18.0 Å². The lowest BCUT2D eigenvalue weighted by Crippen LogP contribution is -2.33. The highest BCUT2D eigenvalue weighted by Gasteiger charge is 2.24. The average Bonchev–Trinajstić information content (AvgIpc) is 2.64. The molecule has 0 aliphatic carbocycles. The van der Waals surface area contributed by atoms with Crippen LogP contribution in [0.2, 0.25) is 0 Å². The van der Waals surface area contributed by atoms with Gasteiger partial charge in [-0.2, -0.15) is 4.31 Å². The molecule has 0 fully saturated rings. The number of nitrogens with two attached hydrogens (primary N) is 1. The number of hydrogen-bond acceptors (Lipinski definition) is 4. The molecule has 0 aliphatic rings. The van der Waals surface area contributed by atoms with Crippen LogP contribution >= 0.6 is 15.9 Å². The Balaban J connectivity index is 2.02. The minimum absolute atomic E-state index is 0.000150. The second-order valence-corrected chi connectivity index (χ2v) is 8.94. The van der Waals surface area contributed by atoms with Crippen molar-refractivity contribution in [3.63, 3.8) is 0 Å². The molecule has 2 aromatic carbocycles. The third-order valence-electron chi connectivity index (χ3n) is 4.16. The molecule has 0 radical (unpaired) electrons. The van der Waals surface area contributed by atoms with Crippen molar-refractivity contribution in [3.05, 3.63) is 58.1 Å². The van der Waals surface area contributed by atoms with E-state index in [-0.39, 0.29) is 30.3 Å². The first-order valence-corrected chi connectivity index (χ1v) is 10.8. The fourth-order valence-electron chi connectivity index (χ4n) is 2.54. The molecular weight excluding hydrogens is 446 g/mol. The molecular formula is C19H22BrN3O4S. The minimum Gasteiger partial charge on any atom is -0.366 e. The molecule has 28 heavy (non-hydrogen) atoms. The highest BCUT2D eigenvalue weighted by atomic mass is 79.9. The molecule has 0 saturated carbocycles. The molecule has 9 heteroatoms. The summed E-state index contributed by atoms with van der Waals surface area (Å²) in [6.45, 7) is 3.84. The molecule has 0 saturated heterocycles. The van der Waals surface area contributed by atoms with E-state index in [0.717, 1.165) is 10.0 Å². The first-order chi connectivity index (χ1) is 13.1. The summed E-state index contributed by atoms with van der Waals surface area (Å²) in [4.78, 5) is 23.4. The Hall–Kier alpha value is -2.23. The predicted molar refractivity (Wildman–Crippen MR) is 112 cm³/mol. The van der Waals surface area contributed by atoms with E-state index in [1.807, 2.05) is 6.92 Å². The molecule has 0 spiro atoms. The van der Waals surface area contributed by atoms with Crippen LogP contribution in [0.4, 0.5) is 5.69 Å². The number of aryl methyl sites for hydroxylation is 1. The van der Waals surface area contributed by atoms with Gasteiger partial charge in [0.25, 0.3) is 0 Å². The summed E-state index contributed by atoms with van der Waals surface area (Å²) >= 11 is 3.36. The van der Waals surface area contributed by atoms with Gasteiger partial charge < -0.3 is 11.1 Å². The Morgan fingerprint density at radius 1 is 1.14 bits per heavy atom. The number of carbonyl (C=O) groups excluding carboxylic acids is 2. The zero-order chi connectivity index (χ0) is 20.9. The number of primary amides is 1. The Morgan fingerprint density at radius 3 is 2.32 bits per heavy atom. The van der Waals surface area contributed by atoms with Crippen LogP contribution in [-0.4, -0.2) is 37.6 Å². The highest BCUT2D eigenvalue weighted by molar-refractivity contribution is 9.10. The van der Waals surface area contributed by atoms with Gasteiger partial charge in [0.05, 0.1) is 4.90 Å². The topological polar surface area (TPSA) is 110 Å². The molecule has 0 aliphatic heterocycles. The fourth-order valence-corrected chi connectivity index (χ4v) is 4.32. The average molecular weight is 468 g/mol. The van der Waals surface area contributed by atoms with Gasteiger partial charge in [0, 0.05) is 35.2 Å². The minimum atomic E-state index is -3.69. The number of anilines is 1. The van der Waals surface area contributed by atoms with Gasteiger partial charge in [-0.25, -0.2) is 8.42 Å². The zero-order valence-electron chi connectivity index (χ0n) is 15.6. The van der Waals surface area contributed by atoms with Crippen molar-refractivity contribution in [2.75, 3.05) is 18.4 Å². The third kappa shape index (κ3) is 5.40. The highest BCUT2D eigenvalue weighted by Crippen LogP contribution is 2.22. The SMILES string of the molecule is CCN(CCC(=O)Nc1ccc(C(N)=O)cc1)S(=O)(=O)c1ccc(Br)c(C)c1. The van der Waals surface area contributed by atoms with Gasteiger partial charge in [0.15, 0.2) is 0 Å². The van der Waals surface area contributed by atoms with E-state index in [2.05, 4.69) is 21.2 Å². The summed E-state index contributed by atoms with van der Waals surface area (Å²) < 4.78 is 27.8. The quantitative estimate of drug-likeness (QED) is 0.621. The number of hydrogen-bond donors (Lipinski definition) is 2. The van der Waals surface area contributed by atoms with E-state index in [1.165, 1.54) is 22.5 Å². The van der Waals surface area contributed by atoms with Crippen LogP contribution in [0.1, 0.15) is 29.3 Å². The zero-order valence-corrected chi connectivity index (χ0v) is 18.0. The van der Waals surface area contributed by atoms with Gasteiger partial charge in [-0.15, -0.1) is 0 Å². The molecule has 0 heterocycles. The Morgan fingerprint density at radius 2 is 1.79 bits per heavy atom. The van der Waals surface area contributed by atoms with Crippen LogP contribution in [0, 0.1) is 6.92 Å². The standard InChI is InChI=1S/C19H22BrN3O4S/c1-3-23(28(26,27)16-8-9-17(20)13(2)12-16)11-10-18(24)22-15-6-4-14(5-7-15)19(21)25/h4-9,12H,3,10-11H2,1-2H3,(H2,21,25)(H,22,24). The lowest BCUT2D eigenvalue weighted by Gasteiger charge is -2.20. The van der Waals surface area contributed by atoms with E-state index < -0.39 is 15.9 Å². The van der Waals surface area contributed by atoms with Crippen LogP contribution in [-0.2, 0) is 14.8 Å². The van der Waals surface area contributed by atoms with Gasteiger partial charge in [-0.3, -0.25) is 9.59 Å². The maximum Gasteiger partial charge on any atom is 0.248 e. The first kappa shape index (κ1) is 22.1. The van der Waals surface area contributed by atoms with Gasteiger partial charge in [0.2, 0.25) is 21.8 Å². The molecule has 0 atom stereocenters. The smallest absolute Gasteiger partial charge is 0.248 e. The second kappa shape index (κ2) is 9.31. The third-order valence-corrected chi connectivity index (χ3v) is 7.02. The second-order valence-electron chi connectivity index (χ2n) is 6.15. The number of sulfonamides is 1. The van der Waals surface area contributed by atoms with Crippen LogP contribution in [0.5, 0.6) is 0 Å². The maximum atomic E-state index is 12.8. The van der Waals surface area contributed by atoms with Crippen molar-refractivity contribution in [2.45, 2.75) is 25.2 Å². The van der Waals surface area contributed by atoms with Crippen LogP contribution < -0.4 is 11.1 Å². The molecule has 2 amide bonds. The molecule has 0 aromatic heterocycles. The van der Waals surface area contributed by atoms with Crippen molar-refractivity contribution < 1.29 is 18.0 Å². The predicted octanol–water partition coefficient (Wildman–Crippen LogP) is 2.90. The number of halogens is 1. The Bertz CT molecular complexity index is 975. The number of carbonyl (C=O) groups is 2. The molecule has 150 valence electrons. The van der Waals surface area contributed by atoms with Crippen molar-refractivity contribution in [3.8, 4) is 0 Å². The molecule has 2 rings (SSSR count). The van der Waals surface area contributed by atoms with Gasteiger partial charge in [-0.05, 0) is 55.0 Å². The van der Waals surface area contributed by atoms with Crippen molar-refractivity contribution in [2.24, 2.45) is 5.73 Å². The molecule has 3 N–H and O–H groups in total. The molecule has 0 unspecified atom stereocenters. The fraction of sp³-hybridized carbons (Fsp3) is 0.263. The van der Waals surface area contributed by atoms with E-state index >= 15 is 0 Å². The summed E-state index contributed by atoms with van der Waals surface area (Å²) in [7, 11) is -3.69. The van der Waals surface area contributed by atoms with Gasteiger partial charge >= 0.3 is 0 Å². The number of amides is 2. The van der Waals surface area contributed by atoms with Crippen molar-refractivity contribution in [1.82, 2.24) is 4.31 Å². The first-order valence-electron chi connectivity index (χ1n) is 8.61. The summed E-state index contributed by atoms with van der Waals surface area (Å²) in [5, 5.41) is 2.68. The largest absolute Gasteiger partial charge is 0.366 e. The Labute approximate surface area is 173 Å². The maximum absolute atomic E-state index is 12.8. The van der Waals surface area contributed by atoms with Crippen LogP contribution in [0.3, 0.4) is 0 Å². The monoisotopic (exact) mass is 467 g/mol.